The predicted octanol–water partition coefficient (Wildman–Crippen LogP) is -6.31. The lowest BCUT2D eigenvalue weighted by atomic mass is 9.87. The maximum Gasteiger partial charge on any atom is 0.326 e. The van der Waals surface area contributed by atoms with Crippen molar-refractivity contribution in [2.45, 2.75) is 195 Å². The fourth-order valence-corrected chi connectivity index (χ4v) is 13.6. The van der Waals surface area contributed by atoms with Gasteiger partial charge in [-0.05, 0) is 91.1 Å². The van der Waals surface area contributed by atoms with Gasteiger partial charge in [0.05, 0.1) is 38.9 Å². The number of amides is 17. The van der Waals surface area contributed by atoms with Crippen molar-refractivity contribution in [2.24, 2.45) is 28.7 Å². The number of guanidine groups is 1. The number of ether oxygens (including phenoxy) is 2. The van der Waals surface area contributed by atoms with Crippen molar-refractivity contribution in [3.63, 3.8) is 0 Å². The Kier molecular flexibility index (Phi) is 35.8. The highest BCUT2D eigenvalue weighted by Crippen LogP contribution is 2.25. The molecule has 3 heterocycles. The smallest absolute Gasteiger partial charge is 0.326 e. The van der Waals surface area contributed by atoms with E-state index in [2.05, 4.69) is 74.1 Å². The number of fused-ring (bicyclic) bond motifs is 2. The number of methoxy groups -OCH3 is 1. The van der Waals surface area contributed by atoms with Crippen LogP contribution in [0.3, 0.4) is 0 Å². The molecule has 0 radical (unpaired) electrons. The fraction of sp³-hybridized carbons (Fsp3) is 0.456. The van der Waals surface area contributed by atoms with E-state index in [0.717, 1.165) is 19.2 Å². The number of primary amides is 4. The number of rotatable bonds is 27. The summed E-state index contributed by atoms with van der Waals surface area (Å²) in [5.41, 5.74) is 27.2. The minimum absolute atomic E-state index is 0.0472. The minimum Gasteiger partial charge on any atom is -0.497 e. The normalized spacial score (nSPS) is 21.9. The van der Waals surface area contributed by atoms with Crippen molar-refractivity contribution in [3.05, 3.63) is 114 Å². The number of aromatic nitrogens is 1. The van der Waals surface area contributed by atoms with Crippen molar-refractivity contribution < 1.29 is 106 Å². The molecule has 2 aliphatic heterocycles. The van der Waals surface area contributed by atoms with Crippen LogP contribution in [0.2, 0.25) is 0 Å². The summed E-state index contributed by atoms with van der Waals surface area (Å²) in [5, 5.41) is 65.6. The molecule has 43 heteroatoms. The van der Waals surface area contributed by atoms with Crippen LogP contribution in [0.5, 0.6) is 5.75 Å². The van der Waals surface area contributed by atoms with Gasteiger partial charge in [0.15, 0.2) is 5.96 Å². The Labute approximate surface area is 698 Å². The van der Waals surface area contributed by atoms with Gasteiger partial charge in [-0.3, -0.25) is 86.9 Å². The van der Waals surface area contributed by atoms with Crippen LogP contribution in [0.4, 0.5) is 0 Å². The van der Waals surface area contributed by atoms with E-state index >= 15 is 28.8 Å². The number of aliphatic hydroxyl groups is 1. The van der Waals surface area contributed by atoms with Gasteiger partial charge in [0.2, 0.25) is 100 Å². The lowest BCUT2D eigenvalue weighted by Crippen LogP contribution is -2.67. The molecule has 7 rings (SSSR count). The second-order valence-corrected chi connectivity index (χ2v) is 29.6. The van der Waals surface area contributed by atoms with E-state index in [-0.39, 0.29) is 84.1 Å². The Balaban J connectivity index is 1.37. The van der Waals surface area contributed by atoms with E-state index in [1.165, 1.54) is 13.3 Å². The number of para-hydroxylation sites is 1. The quantitative estimate of drug-likeness (QED) is 0.0132. The van der Waals surface area contributed by atoms with Gasteiger partial charge in [0, 0.05) is 88.9 Å². The highest BCUT2D eigenvalue weighted by Gasteiger charge is 2.46. The molecule has 5 aromatic rings. The maximum absolute atomic E-state index is 15.7. The second-order valence-electron chi connectivity index (χ2n) is 29.6. The summed E-state index contributed by atoms with van der Waals surface area (Å²) in [5.74, 6) is -21.4. The van der Waals surface area contributed by atoms with E-state index < -0.39 is 235 Å². The number of aliphatic hydroxyl groups excluding tert-OH is 1. The van der Waals surface area contributed by atoms with E-state index in [0.29, 0.717) is 38.7 Å². The van der Waals surface area contributed by atoms with Crippen LogP contribution in [0.1, 0.15) is 114 Å². The molecule has 17 amide bonds. The zero-order valence-corrected chi connectivity index (χ0v) is 67.3. The van der Waals surface area contributed by atoms with Gasteiger partial charge in [0.25, 0.3) is 0 Å². The highest BCUT2D eigenvalue weighted by atomic mass is 16.5. The SMILES string of the molecule is COc1ccc(C[C@@H]2NC(=O)[C@H](CCCNC(=N)N)NC(=O)[C@H](CCC(N)=O)NC(=O)[C@H](Cc3c[nH]c4ccccc34)NC(=O)C([C@@H](C)O)NC(=O)[C@H](CC(N)=O)NC(=O)C(NC(C)=O)CCCCNC(=O)CC(C(=O)N[C@@H](CC(N)=O)C(=O)N[C@@H](CC(N)=O)C(=O)O)NC(=O)C3(CCOCC3)NC(=O)[C@H](Cc3ccc4ccccc4c3)NC2=O)cc1. The standard InChI is InChI=1S/C79H105N21O22/c1-40(101)65-75(117)96-55(34-46-39-88-49-14-7-6-13-48(46)49)70(112)91-52(23-24-60(80)103)68(110)90-51(16-10-28-87-78(84)85)67(109)92-53(32-42-18-21-47(121-3)22-19-42)69(111)93-54(33-43-17-20-44-11-4-5-12-45(44)31-43)74(116)100-79(25-29-122-30-26-79)77(120)98-58(72(114)95-56(35-61(81)104)71(113)97-59(76(118)119)37-63(83)106)38-64(107)86-27-9-8-15-50(89-41(2)102)66(108)94-57(36-62(82)105)73(115)99-65/h4-7,11-14,17-22,31,39-40,50-59,65,88,101H,8-10,15-16,23-30,32-38H2,1-3H3,(H2,80,103)(H2,81,104)(H2,82,105)(H2,83,106)(H,86,107)(H,89,102)(H,90,110)(H,91,112)(H,92,109)(H,93,111)(H,94,108)(H,95,114)(H,96,117)(H,97,113)(H,98,120)(H,99,115)(H,100,116)(H,118,119)(H4,84,85,87)/t40-,50?,51+,52+,53+,54+,55+,56+,57+,58?,59+,65?/m1/s1. The first-order valence-electron chi connectivity index (χ1n) is 39.2. The van der Waals surface area contributed by atoms with Crippen LogP contribution in [-0.4, -0.2) is 239 Å². The van der Waals surface area contributed by atoms with Gasteiger partial charge in [-0.25, -0.2) is 4.79 Å². The first-order valence-corrected chi connectivity index (χ1v) is 39.2. The summed E-state index contributed by atoms with van der Waals surface area (Å²) < 4.78 is 11.1. The van der Waals surface area contributed by atoms with Gasteiger partial charge in [-0.1, -0.05) is 72.8 Å². The third kappa shape index (κ3) is 29.6. The van der Waals surface area contributed by atoms with E-state index in [4.69, 9.17) is 43.6 Å². The van der Waals surface area contributed by atoms with E-state index in [1.54, 1.807) is 84.9 Å². The highest BCUT2D eigenvalue weighted by molar-refractivity contribution is 6.03. The van der Waals surface area contributed by atoms with Crippen LogP contribution in [0.25, 0.3) is 21.7 Å². The summed E-state index contributed by atoms with van der Waals surface area (Å²) >= 11 is 0. The third-order valence-electron chi connectivity index (χ3n) is 20.0. The van der Waals surface area contributed by atoms with Crippen LogP contribution >= 0.6 is 0 Å². The van der Waals surface area contributed by atoms with Crippen LogP contribution in [0, 0.1) is 5.41 Å². The average molecular weight is 1700 g/mol. The van der Waals surface area contributed by atoms with Crippen molar-refractivity contribution >= 4 is 134 Å². The number of carboxylic acids is 1. The third-order valence-corrected chi connectivity index (χ3v) is 20.0. The Morgan fingerprint density at radius 3 is 1.79 bits per heavy atom. The molecule has 12 atom stereocenters. The number of aromatic amines is 1. The summed E-state index contributed by atoms with van der Waals surface area (Å²) in [6, 6.07) is 4.76. The summed E-state index contributed by atoms with van der Waals surface area (Å²) in [4.78, 5) is 256. The van der Waals surface area contributed by atoms with E-state index in [9.17, 15) is 67.7 Å². The molecule has 0 bridgehead atoms. The van der Waals surface area contributed by atoms with Crippen molar-refractivity contribution in [3.8, 4) is 5.75 Å². The molecule has 1 aromatic heterocycles. The van der Waals surface area contributed by atoms with Crippen LogP contribution in [-0.2, 0) is 110 Å². The predicted molar refractivity (Wildman–Crippen MR) is 434 cm³/mol. The zero-order chi connectivity index (χ0) is 89.5. The van der Waals surface area contributed by atoms with Gasteiger partial charge in [-0.15, -0.1) is 0 Å². The zero-order valence-electron chi connectivity index (χ0n) is 67.3. The van der Waals surface area contributed by atoms with Gasteiger partial charge in [0.1, 0.15) is 77.7 Å². The summed E-state index contributed by atoms with van der Waals surface area (Å²) in [6.45, 7) is 1.20. The number of aliphatic carboxylic acids is 1. The number of hydrogen-bond acceptors (Lipinski definition) is 22. The second kappa shape index (κ2) is 45.9. The average Bonchev–Trinajstić information content (AvgIpc) is 0.906. The Morgan fingerprint density at radius 2 is 1.17 bits per heavy atom. The number of carbonyl (C=O) groups excluding carboxylic acids is 17. The molecule has 1 spiro atoms. The molecule has 2 fully saturated rings. The molecule has 658 valence electrons. The molecule has 3 unspecified atom stereocenters. The number of carboxylic acid groups (broad SMARTS) is 1. The Bertz CT molecular complexity index is 4690. The number of nitrogens with one attached hydrogen (secondary N) is 16. The number of H-pyrrole nitrogens is 1. The molecular formula is C79H105N21O22. The van der Waals surface area contributed by atoms with Crippen molar-refractivity contribution in [2.75, 3.05) is 33.4 Å². The van der Waals surface area contributed by atoms with Crippen LogP contribution in [0.15, 0.2) is 97.2 Å². The number of carbonyl (C=O) groups is 18. The molecule has 2 saturated heterocycles. The monoisotopic (exact) mass is 1700 g/mol. The van der Waals surface area contributed by atoms with Crippen molar-refractivity contribution in [1.29, 1.82) is 5.41 Å². The number of hydrogen-bond donors (Lipinski definition) is 23. The van der Waals surface area contributed by atoms with Gasteiger partial charge >= 0.3 is 5.97 Å². The first-order chi connectivity index (χ1) is 57.9. The largest absolute Gasteiger partial charge is 0.497 e. The Hall–Kier alpha value is -13.9. The number of nitrogens with two attached hydrogens (primary N) is 5. The lowest BCUT2D eigenvalue weighted by Gasteiger charge is -2.38. The minimum atomic E-state index is -2.15. The molecule has 122 heavy (non-hydrogen) atoms. The molecule has 0 saturated carbocycles. The van der Waals surface area contributed by atoms with Crippen LogP contribution < -0.4 is 108 Å². The fourth-order valence-electron chi connectivity index (χ4n) is 13.6. The maximum atomic E-state index is 15.7. The van der Waals surface area contributed by atoms with E-state index in [1.807, 2.05) is 11.4 Å². The molecule has 2 aliphatic rings. The molecule has 28 N–H and O–H groups in total. The van der Waals surface area contributed by atoms with Crippen molar-refractivity contribution in [1.82, 2.24) is 79.4 Å². The number of benzene rings is 4. The molecular weight excluding hydrogens is 1590 g/mol. The molecule has 4 aromatic carbocycles. The Morgan fingerprint density at radius 1 is 0.607 bits per heavy atom. The summed E-state index contributed by atoms with van der Waals surface area (Å²) in [6.07, 6.45) is -8.19. The first kappa shape index (κ1) is 95.3. The van der Waals surface area contributed by atoms with Gasteiger partial charge in [-0.2, -0.15) is 0 Å². The lowest BCUT2D eigenvalue weighted by molar-refractivity contribution is -0.144. The van der Waals surface area contributed by atoms with Gasteiger partial charge < -0.3 is 128 Å². The molecule has 43 nitrogen and oxygen atoms in total. The topological polar surface area (TPSA) is 704 Å². The summed E-state index contributed by atoms with van der Waals surface area (Å²) in [7, 11) is 1.40. The molecule has 0 aliphatic carbocycles.